The van der Waals surface area contributed by atoms with E-state index in [0.29, 0.717) is 38.2 Å². The van der Waals surface area contributed by atoms with Crippen molar-refractivity contribution in [3.05, 3.63) is 35.4 Å². The zero-order chi connectivity index (χ0) is 28.0. The Morgan fingerprint density at radius 3 is 2.16 bits per heavy atom. The maximum Gasteiger partial charge on any atom is 0.410 e. The van der Waals surface area contributed by atoms with Crippen LogP contribution in [0, 0.1) is 11.8 Å². The van der Waals surface area contributed by atoms with E-state index in [1.807, 2.05) is 46.8 Å². The van der Waals surface area contributed by atoms with Crippen LogP contribution in [0.1, 0.15) is 57.0 Å². The van der Waals surface area contributed by atoms with Crippen LogP contribution in [0.15, 0.2) is 24.3 Å². The van der Waals surface area contributed by atoms with Crippen molar-refractivity contribution in [2.75, 3.05) is 39.0 Å². The molecule has 0 radical (unpaired) electrons. The van der Waals surface area contributed by atoms with Gasteiger partial charge in [0.05, 0.1) is 24.3 Å². The van der Waals surface area contributed by atoms with Crippen molar-refractivity contribution in [2.24, 2.45) is 11.8 Å². The molecule has 1 aromatic rings. The molecule has 3 amide bonds. The van der Waals surface area contributed by atoms with Crippen LogP contribution in [0.2, 0.25) is 0 Å². The van der Waals surface area contributed by atoms with Crippen molar-refractivity contribution >= 4 is 27.9 Å². The number of carbonyl (C=O) groups is 3. The van der Waals surface area contributed by atoms with E-state index >= 15 is 0 Å². The zero-order valence-electron chi connectivity index (χ0n) is 23.2. The molecule has 0 unspecified atom stereocenters. The number of hydrogen-bond donors (Lipinski definition) is 0. The summed E-state index contributed by atoms with van der Waals surface area (Å²) < 4.78 is 31.2. The van der Waals surface area contributed by atoms with Crippen LogP contribution < -0.4 is 0 Å². The first-order valence-corrected chi connectivity index (χ1v) is 15.2. The first kappa shape index (κ1) is 28.4. The number of amides is 3. The molecule has 3 aliphatic rings. The Kier molecular flexibility index (Phi) is 7.82. The second-order valence-corrected chi connectivity index (χ2v) is 13.8. The third-order valence-electron chi connectivity index (χ3n) is 7.56. The van der Waals surface area contributed by atoms with Crippen molar-refractivity contribution in [3.63, 3.8) is 0 Å². The number of piperazine rings is 1. The average molecular weight is 549 g/mol. The van der Waals surface area contributed by atoms with E-state index in [9.17, 15) is 22.8 Å². The Morgan fingerprint density at radius 1 is 1.03 bits per heavy atom. The highest BCUT2D eigenvalue weighted by molar-refractivity contribution is 7.88. The van der Waals surface area contributed by atoms with Gasteiger partial charge in [0.15, 0.2) is 0 Å². The Bertz CT molecular complexity index is 1170. The van der Waals surface area contributed by atoms with E-state index in [1.54, 1.807) is 21.9 Å². The number of benzene rings is 1. The molecule has 4 rings (SSSR count). The molecule has 38 heavy (non-hydrogen) atoms. The molecule has 210 valence electrons. The maximum atomic E-state index is 13.5. The summed E-state index contributed by atoms with van der Waals surface area (Å²) in [5.74, 6) is -1.21. The molecular weight excluding hydrogens is 508 g/mol. The fourth-order valence-corrected chi connectivity index (χ4v) is 7.03. The first-order valence-electron chi connectivity index (χ1n) is 13.3. The Hall–Kier alpha value is -2.66. The Labute approximate surface area is 225 Å². The highest BCUT2D eigenvalue weighted by Gasteiger charge is 2.58. The van der Waals surface area contributed by atoms with Crippen LogP contribution in [-0.4, -0.2) is 102 Å². The lowest BCUT2D eigenvalue weighted by molar-refractivity contribution is -0.129. The first-order chi connectivity index (χ1) is 17.7. The van der Waals surface area contributed by atoms with Crippen molar-refractivity contribution in [1.82, 2.24) is 19.0 Å². The van der Waals surface area contributed by atoms with Gasteiger partial charge in [0.1, 0.15) is 5.60 Å². The van der Waals surface area contributed by atoms with Crippen LogP contribution in [0.4, 0.5) is 4.79 Å². The van der Waals surface area contributed by atoms with Crippen LogP contribution in [-0.2, 0) is 26.1 Å². The van der Waals surface area contributed by atoms with Crippen molar-refractivity contribution < 1.29 is 27.5 Å². The van der Waals surface area contributed by atoms with Gasteiger partial charge < -0.3 is 14.5 Å². The van der Waals surface area contributed by atoms with Gasteiger partial charge in [-0.25, -0.2) is 17.5 Å². The predicted octanol–water partition coefficient (Wildman–Crippen LogP) is 2.40. The van der Waals surface area contributed by atoms with Gasteiger partial charge in [-0.2, -0.15) is 0 Å². The number of fused-ring (bicyclic) bond motifs is 1. The smallest absolute Gasteiger partial charge is 0.410 e. The molecule has 0 bridgehead atoms. The second kappa shape index (κ2) is 10.5. The van der Waals surface area contributed by atoms with Gasteiger partial charge in [-0.15, -0.1) is 0 Å². The summed E-state index contributed by atoms with van der Waals surface area (Å²) in [4.78, 5) is 44.5. The molecule has 3 atom stereocenters. The summed E-state index contributed by atoms with van der Waals surface area (Å²) in [7, 11) is -3.71. The van der Waals surface area contributed by atoms with Gasteiger partial charge in [0, 0.05) is 44.8 Å². The number of ether oxygens (including phenoxy) is 1. The lowest BCUT2D eigenvalue weighted by Gasteiger charge is -2.35. The summed E-state index contributed by atoms with van der Waals surface area (Å²) in [6.07, 6.45) is 1.23. The van der Waals surface area contributed by atoms with Crippen LogP contribution in [0.5, 0.6) is 0 Å². The molecule has 0 aromatic heterocycles. The highest BCUT2D eigenvalue weighted by atomic mass is 32.2. The Morgan fingerprint density at radius 2 is 1.63 bits per heavy atom. The van der Waals surface area contributed by atoms with E-state index in [1.165, 1.54) is 0 Å². The number of nitrogens with zero attached hydrogens (tertiary/aromatic N) is 4. The SMILES string of the molecule is CC(C)[C@H]1C(=O)N(S(C)(=O)=O)[C@H]2CCN(C(=O)c3ccc(CN4CCN(C(=O)OC(C)(C)C)CC4)cc3)[C@H]12. The van der Waals surface area contributed by atoms with E-state index < -0.39 is 39.5 Å². The molecule has 3 heterocycles. The molecule has 1 aromatic carbocycles. The molecule has 10 nitrogen and oxygen atoms in total. The summed E-state index contributed by atoms with van der Waals surface area (Å²) in [6.45, 7) is 13.2. The van der Waals surface area contributed by atoms with Crippen molar-refractivity contribution in [1.29, 1.82) is 0 Å². The predicted molar refractivity (Wildman–Crippen MR) is 143 cm³/mol. The lowest BCUT2D eigenvalue weighted by atomic mass is 9.88. The normalized spacial score (nSPS) is 24.8. The highest BCUT2D eigenvalue weighted by Crippen LogP contribution is 2.41. The largest absolute Gasteiger partial charge is 0.444 e. The van der Waals surface area contributed by atoms with E-state index in [2.05, 4.69) is 4.90 Å². The molecule has 0 saturated carbocycles. The number of rotatable bonds is 5. The number of hydrogen-bond acceptors (Lipinski definition) is 7. The van der Waals surface area contributed by atoms with E-state index in [4.69, 9.17) is 4.74 Å². The van der Waals surface area contributed by atoms with Gasteiger partial charge in [-0.1, -0.05) is 26.0 Å². The molecule has 3 fully saturated rings. The molecule has 0 aliphatic carbocycles. The Balaban J connectivity index is 1.38. The quantitative estimate of drug-likeness (QED) is 0.556. The van der Waals surface area contributed by atoms with Crippen molar-refractivity contribution in [3.8, 4) is 0 Å². The molecule has 3 saturated heterocycles. The van der Waals surface area contributed by atoms with Gasteiger partial charge in [0.25, 0.3) is 5.91 Å². The standard InChI is InChI=1S/C27H40N4O6S/c1-18(2)22-23-21(31(25(22)33)38(6,35)36)11-12-30(23)24(32)20-9-7-19(8-10-20)17-28-13-15-29(16-14-28)26(34)37-27(3,4)5/h7-10,18,21-23H,11-17H2,1-6H3/t21-,22+,23-/m0/s1. The van der Waals surface area contributed by atoms with Crippen molar-refractivity contribution in [2.45, 2.75) is 65.3 Å². The fraction of sp³-hybridized carbons (Fsp3) is 0.667. The van der Waals surface area contributed by atoms with Crippen LogP contribution in [0.25, 0.3) is 0 Å². The summed E-state index contributed by atoms with van der Waals surface area (Å²) in [5.41, 5.74) is 1.07. The summed E-state index contributed by atoms with van der Waals surface area (Å²) in [6, 6.07) is 6.51. The zero-order valence-corrected chi connectivity index (χ0v) is 24.0. The van der Waals surface area contributed by atoms with E-state index in [0.717, 1.165) is 29.2 Å². The lowest BCUT2D eigenvalue weighted by Crippen LogP contribution is -2.49. The molecule has 0 spiro atoms. The van der Waals surface area contributed by atoms with Gasteiger partial charge in [-0.3, -0.25) is 14.5 Å². The molecule has 3 aliphatic heterocycles. The van der Waals surface area contributed by atoms with Gasteiger partial charge in [-0.05, 0) is 50.8 Å². The minimum absolute atomic E-state index is 0.0895. The number of carbonyl (C=O) groups excluding carboxylic acids is 3. The summed E-state index contributed by atoms with van der Waals surface area (Å²) >= 11 is 0. The van der Waals surface area contributed by atoms with Crippen LogP contribution >= 0.6 is 0 Å². The topological polar surface area (TPSA) is 108 Å². The third-order valence-corrected chi connectivity index (χ3v) is 8.72. The van der Waals surface area contributed by atoms with Gasteiger partial charge in [0.2, 0.25) is 15.9 Å². The fourth-order valence-electron chi connectivity index (χ4n) is 5.86. The summed E-state index contributed by atoms with van der Waals surface area (Å²) in [5, 5.41) is 0. The van der Waals surface area contributed by atoms with Gasteiger partial charge >= 0.3 is 6.09 Å². The monoisotopic (exact) mass is 548 g/mol. The molecular formula is C27H40N4O6S. The molecule has 11 heteroatoms. The van der Waals surface area contributed by atoms with Crippen LogP contribution in [0.3, 0.4) is 0 Å². The van der Waals surface area contributed by atoms with E-state index in [-0.39, 0.29) is 17.9 Å². The molecule has 0 N–H and O–H groups in total. The maximum absolute atomic E-state index is 13.5. The third kappa shape index (κ3) is 5.83. The second-order valence-electron chi connectivity index (χ2n) is 12.0. The average Bonchev–Trinajstić information content (AvgIpc) is 3.34. The number of likely N-dealkylation sites (tertiary alicyclic amines) is 1. The number of sulfonamides is 1. The minimum atomic E-state index is -3.71. The minimum Gasteiger partial charge on any atom is -0.444 e.